The zero-order valence-electron chi connectivity index (χ0n) is 13.2. The Morgan fingerprint density at radius 2 is 1.70 bits per heavy atom. The zero-order chi connectivity index (χ0) is 14.8. The molecule has 0 radical (unpaired) electrons. The van der Waals surface area contributed by atoms with E-state index in [9.17, 15) is 8.42 Å². The molecule has 0 aromatic carbocycles. The van der Waals surface area contributed by atoms with E-state index in [1.165, 1.54) is 25.7 Å². The summed E-state index contributed by atoms with van der Waals surface area (Å²) >= 11 is 0. The van der Waals surface area contributed by atoms with E-state index < -0.39 is 10.0 Å². The van der Waals surface area contributed by atoms with Crippen molar-refractivity contribution >= 4 is 10.0 Å². The fourth-order valence-electron chi connectivity index (χ4n) is 2.83. The van der Waals surface area contributed by atoms with Crippen LogP contribution in [0.5, 0.6) is 0 Å². The maximum atomic E-state index is 12.3. The van der Waals surface area contributed by atoms with Crippen molar-refractivity contribution in [3.8, 4) is 0 Å². The minimum Gasteiger partial charge on any atom is -0.317 e. The van der Waals surface area contributed by atoms with Crippen LogP contribution in [0.15, 0.2) is 0 Å². The number of hydrogen-bond donors (Lipinski definition) is 1. The topological polar surface area (TPSA) is 49.4 Å². The molecule has 0 saturated heterocycles. The molecule has 1 fully saturated rings. The zero-order valence-corrected chi connectivity index (χ0v) is 14.1. The molecule has 0 unspecified atom stereocenters. The highest BCUT2D eigenvalue weighted by atomic mass is 32.2. The van der Waals surface area contributed by atoms with Crippen LogP contribution in [0.3, 0.4) is 0 Å². The summed E-state index contributed by atoms with van der Waals surface area (Å²) in [4.78, 5) is 0. The second-order valence-corrected chi connectivity index (χ2v) is 8.08. The summed E-state index contributed by atoms with van der Waals surface area (Å²) in [6.07, 6.45) is 9.76. The van der Waals surface area contributed by atoms with Crippen LogP contribution in [0.4, 0.5) is 0 Å². The van der Waals surface area contributed by atoms with E-state index in [-0.39, 0.29) is 6.04 Å². The fourth-order valence-corrected chi connectivity index (χ4v) is 4.35. The minimum atomic E-state index is -3.06. The Kier molecular flexibility index (Phi) is 8.73. The molecular formula is C15H32N2O2S. The molecule has 5 heteroatoms. The lowest BCUT2D eigenvalue weighted by Crippen LogP contribution is -2.38. The predicted molar refractivity (Wildman–Crippen MR) is 85.4 cm³/mol. The first-order chi connectivity index (χ1) is 9.58. The van der Waals surface area contributed by atoms with Crippen molar-refractivity contribution in [1.82, 2.24) is 9.62 Å². The first-order valence-corrected chi connectivity index (χ1v) is 9.85. The van der Waals surface area contributed by atoms with Gasteiger partial charge in [-0.15, -0.1) is 0 Å². The van der Waals surface area contributed by atoms with Gasteiger partial charge in [-0.25, -0.2) is 12.7 Å². The maximum Gasteiger partial charge on any atom is 0.214 e. The molecule has 0 aliphatic heterocycles. The maximum absolute atomic E-state index is 12.3. The van der Waals surface area contributed by atoms with E-state index in [2.05, 4.69) is 12.2 Å². The molecule has 0 aromatic heterocycles. The summed E-state index contributed by atoms with van der Waals surface area (Å²) < 4.78 is 26.3. The van der Waals surface area contributed by atoms with Gasteiger partial charge in [-0.1, -0.05) is 32.6 Å². The average molecular weight is 305 g/mol. The highest BCUT2D eigenvalue weighted by molar-refractivity contribution is 7.89. The second-order valence-electron chi connectivity index (χ2n) is 5.93. The Labute approximate surface area is 125 Å². The number of nitrogens with zero attached hydrogens (tertiary/aromatic N) is 1. The van der Waals surface area contributed by atoms with Gasteiger partial charge in [0.05, 0.1) is 5.75 Å². The smallest absolute Gasteiger partial charge is 0.214 e. The lowest BCUT2D eigenvalue weighted by atomic mass is 10.1. The molecular weight excluding hydrogens is 272 g/mol. The van der Waals surface area contributed by atoms with Gasteiger partial charge in [-0.2, -0.15) is 0 Å². The molecule has 0 atom stereocenters. The van der Waals surface area contributed by atoms with E-state index in [1.807, 2.05) is 0 Å². The molecule has 1 N–H and O–H groups in total. The molecule has 20 heavy (non-hydrogen) atoms. The Balaban J connectivity index is 2.30. The molecule has 0 amide bonds. The molecule has 1 saturated carbocycles. The lowest BCUT2D eigenvalue weighted by molar-refractivity contribution is 0.335. The van der Waals surface area contributed by atoms with Crippen LogP contribution in [-0.2, 0) is 10.0 Å². The summed E-state index contributed by atoms with van der Waals surface area (Å²) in [6.45, 7) is 4.09. The van der Waals surface area contributed by atoms with Crippen molar-refractivity contribution < 1.29 is 8.42 Å². The molecule has 0 aromatic rings. The average Bonchev–Trinajstić information content (AvgIpc) is 2.70. The van der Waals surface area contributed by atoms with Crippen molar-refractivity contribution in [3.63, 3.8) is 0 Å². The monoisotopic (exact) mass is 304 g/mol. The summed E-state index contributed by atoms with van der Waals surface area (Å²) in [5.41, 5.74) is 0. The summed E-state index contributed by atoms with van der Waals surface area (Å²) in [5.74, 6) is 0.299. The van der Waals surface area contributed by atoms with Crippen LogP contribution >= 0.6 is 0 Å². The number of hydrogen-bond acceptors (Lipinski definition) is 3. The Morgan fingerprint density at radius 3 is 2.30 bits per heavy atom. The predicted octanol–water partition coefficient (Wildman–Crippen LogP) is 2.75. The van der Waals surface area contributed by atoms with Crippen LogP contribution in [0.25, 0.3) is 0 Å². The van der Waals surface area contributed by atoms with Gasteiger partial charge in [0.2, 0.25) is 10.0 Å². The quantitative estimate of drug-likeness (QED) is 0.526. The van der Waals surface area contributed by atoms with E-state index in [4.69, 9.17) is 0 Å². The van der Waals surface area contributed by atoms with Gasteiger partial charge in [0.25, 0.3) is 0 Å². The van der Waals surface area contributed by atoms with Crippen molar-refractivity contribution in [2.45, 2.75) is 70.8 Å². The SMILES string of the molecule is CCCNCCCCS(=O)(=O)N(C)C1CCCCCC1. The third-order valence-corrected chi connectivity index (χ3v) is 6.19. The molecule has 4 nitrogen and oxygen atoms in total. The van der Waals surface area contributed by atoms with E-state index in [1.54, 1.807) is 11.4 Å². The molecule has 1 rings (SSSR count). The molecule has 0 heterocycles. The van der Waals surface area contributed by atoms with Gasteiger partial charge < -0.3 is 5.32 Å². The Bertz CT molecular complexity index is 336. The highest BCUT2D eigenvalue weighted by Crippen LogP contribution is 2.23. The standard InChI is InChI=1S/C15H32N2O2S/c1-3-12-16-13-8-9-14-20(18,19)17(2)15-10-6-4-5-7-11-15/h15-16H,3-14H2,1-2H3. The summed E-state index contributed by atoms with van der Waals surface area (Å²) in [6, 6.07) is 0.237. The van der Waals surface area contributed by atoms with Crippen LogP contribution in [0, 0.1) is 0 Å². The fraction of sp³-hybridized carbons (Fsp3) is 1.00. The lowest BCUT2D eigenvalue weighted by Gasteiger charge is -2.26. The van der Waals surface area contributed by atoms with Gasteiger partial charge in [0.1, 0.15) is 0 Å². The third kappa shape index (κ3) is 6.55. The van der Waals surface area contributed by atoms with Gasteiger partial charge >= 0.3 is 0 Å². The van der Waals surface area contributed by atoms with Crippen molar-refractivity contribution in [3.05, 3.63) is 0 Å². The van der Waals surface area contributed by atoms with Gasteiger partial charge in [-0.3, -0.25) is 0 Å². The van der Waals surface area contributed by atoms with Gasteiger partial charge in [0.15, 0.2) is 0 Å². The Morgan fingerprint density at radius 1 is 1.05 bits per heavy atom. The molecule has 120 valence electrons. The molecule has 1 aliphatic carbocycles. The van der Waals surface area contributed by atoms with Gasteiger partial charge in [0, 0.05) is 13.1 Å². The van der Waals surface area contributed by atoms with Crippen LogP contribution in [-0.4, -0.2) is 44.7 Å². The van der Waals surface area contributed by atoms with Gasteiger partial charge in [-0.05, 0) is 45.2 Å². The number of sulfonamides is 1. The third-order valence-electron chi connectivity index (χ3n) is 4.21. The van der Waals surface area contributed by atoms with Crippen molar-refractivity contribution in [1.29, 1.82) is 0 Å². The first-order valence-electron chi connectivity index (χ1n) is 8.24. The normalized spacial score (nSPS) is 18.4. The van der Waals surface area contributed by atoms with Crippen LogP contribution in [0.2, 0.25) is 0 Å². The largest absolute Gasteiger partial charge is 0.317 e. The van der Waals surface area contributed by atoms with Crippen molar-refractivity contribution in [2.24, 2.45) is 0 Å². The molecule has 1 aliphatic rings. The van der Waals surface area contributed by atoms with Crippen LogP contribution in [0.1, 0.15) is 64.7 Å². The molecule has 0 spiro atoms. The van der Waals surface area contributed by atoms with E-state index in [0.717, 1.165) is 45.2 Å². The minimum absolute atomic E-state index is 0.237. The Hall–Kier alpha value is -0.130. The molecule has 0 bridgehead atoms. The first kappa shape index (κ1) is 17.9. The van der Waals surface area contributed by atoms with Crippen molar-refractivity contribution in [2.75, 3.05) is 25.9 Å². The summed E-state index contributed by atoms with van der Waals surface area (Å²) in [5, 5.41) is 3.31. The summed E-state index contributed by atoms with van der Waals surface area (Å²) in [7, 11) is -1.28. The number of rotatable bonds is 9. The number of unbranched alkanes of at least 4 members (excludes halogenated alkanes) is 1. The van der Waals surface area contributed by atoms with E-state index in [0.29, 0.717) is 5.75 Å². The highest BCUT2D eigenvalue weighted by Gasteiger charge is 2.26. The van der Waals surface area contributed by atoms with E-state index >= 15 is 0 Å². The number of nitrogens with one attached hydrogen (secondary N) is 1. The second kappa shape index (κ2) is 9.74. The van der Waals surface area contributed by atoms with Crippen LogP contribution < -0.4 is 5.32 Å².